The number of nitrogens with zero attached hydrogens (tertiary/aromatic N) is 2. The fourth-order valence-electron chi connectivity index (χ4n) is 3.46. The van der Waals surface area contributed by atoms with E-state index in [0.29, 0.717) is 29.4 Å². The zero-order chi connectivity index (χ0) is 21.0. The number of aryl methyl sites for hydroxylation is 1. The number of benzene rings is 1. The van der Waals surface area contributed by atoms with Crippen molar-refractivity contribution >= 4 is 34.2 Å². The van der Waals surface area contributed by atoms with Crippen LogP contribution in [0, 0.1) is 6.92 Å². The molecule has 0 radical (unpaired) electrons. The van der Waals surface area contributed by atoms with Crippen LogP contribution in [0.15, 0.2) is 23.0 Å². The summed E-state index contributed by atoms with van der Waals surface area (Å²) in [6, 6.07) is 4.58. The van der Waals surface area contributed by atoms with Crippen LogP contribution >= 0.6 is 0 Å². The van der Waals surface area contributed by atoms with E-state index in [9.17, 15) is 19.2 Å². The number of amides is 2. The maximum atomic E-state index is 12.9. The lowest BCUT2D eigenvalue weighted by molar-refractivity contribution is -0.138. The first-order valence-electron chi connectivity index (χ1n) is 9.69. The normalized spacial score (nSPS) is 16.7. The molecule has 1 saturated heterocycles. The molecule has 29 heavy (non-hydrogen) atoms. The van der Waals surface area contributed by atoms with Crippen molar-refractivity contribution in [1.82, 2.24) is 15.1 Å². The van der Waals surface area contributed by atoms with Gasteiger partial charge in [0.05, 0.1) is 11.1 Å². The molecule has 0 bridgehead atoms. The van der Waals surface area contributed by atoms with Crippen LogP contribution in [-0.4, -0.2) is 39.2 Å². The average Bonchev–Trinajstić information content (AvgIpc) is 2.67. The Labute approximate surface area is 167 Å². The van der Waals surface area contributed by atoms with Gasteiger partial charge in [-0.2, -0.15) is 5.10 Å². The fraction of sp³-hybridized carbons (Fsp3) is 0.450. The third kappa shape index (κ3) is 4.79. The number of aliphatic carboxylic acids is 1. The summed E-state index contributed by atoms with van der Waals surface area (Å²) in [5.41, 5.74) is 1.11. The summed E-state index contributed by atoms with van der Waals surface area (Å²) >= 11 is 0. The average molecular weight is 400 g/mol. The predicted molar refractivity (Wildman–Crippen MR) is 107 cm³/mol. The number of hydrogen-bond donors (Lipinski definition) is 3. The lowest BCUT2D eigenvalue weighted by Gasteiger charge is -2.22. The first kappa shape index (κ1) is 20.5. The van der Waals surface area contributed by atoms with Crippen molar-refractivity contribution in [2.24, 2.45) is 0 Å². The van der Waals surface area contributed by atoms with E-state index >= 15 is 0 Å². The fourth-order valence-corrected chi connectivity index (χ4v) is 3.46. The second-order valence-electron chi connectivity index (χ2n) is 7.19. The minimum Gasteiger partial charge on any atom is -0.481 e. The van der Waals surface area contributed by atoms with Gasteiger partial charge in [-0.15, -0.1) is 0 Å². The van der Waals surface area contributed by atoms with Gasteiger partial charge in [0.15, 0.2) is 0 Å². The van der Waals surface area contributed by atoms with Gasteiger partial charge in [-0.25, -0.2) is 4.68 Å². The van der Waals surface area contributed by atoms with Gasteiger partial charge in [0.25, 0.3) is 11.5 Å². The van der Waals surface area contributed by atoms with Crippen molar-refractivity contribution in [2.45, 2.75) is 51.5 Å². The van der Waals surface area contributed by atoms with Crippen LogP contribution in [0.25, 0.3) is 10.8 Å². The van der Waals surface area contributed by atoms with Crippen molar-refractivity contribution in [1.29, 1.82) is 0 Å². The molecule has 1 atom stereocenters. The van der Waals surface area contributed by atoms with Crippen LogP contribution in [0.3, 0.4) is 0 Å². The highest BCUT2D eigenvalue weighted by Crippen LogP contribution is 2.22. The van der Waals surface area contributed by atoms with E-state index in [2.05, 4.69) is 15.7 Å². The van der Waals surface area contributed by atoms with Gasteiger partial charge in [0.1, 0.15) is 6.04 Å². The number of piperidine rings is 1. The smallest absolute Gasteiger partial charge is 0.303 e. The van der Waals surface area contributed by atoms with Gasteiger partial charge >= 0.3 is 5.97 Å². The van der Waals surface area contributed by atoms with E-state index in [-0.39, 0.29) is 30.7 Å². The zero-order valence-corrected chi connectivity index (χ0v) is 16.2. The van der Waals surface area contributed by atoms with Gasteiger partial charge in [-0.1, -0.05) is 6.42 Å². The van der Waals surface area contributed by atoms with Crippen LogP contribution in [0.1, 0.15) is 50.3 Å². The molecule has 0 aliphatic carbocycles. The van der Waals surface area contributed by atoms with E-state index < -0.39 is 17.9 Å². The van der Waals surface area contributed by atoms with Gasteiger partial charge < -0.3 is 10.4 Å². The van der Waals surface area contributed by atoms with Crippen molar-refractivity contribution in [3.63, 3.8) is 0 Å². The molecule has 3 rings (SSSR count). The van der Waals surface area contributed by atoms with E-state index in [1.807, 2.05) is 6.07 Å². The number of carbonyl (C=O) groups excluding carboxylic acids is 2. The number of hydrogen-bond acceptors (Lipinski definition) is 6. The summed E-state index contributed by atoms with van der Waals surface area (Å²) in [5.74, 6) is -1.62. The summed E-state index contributed by atoms with van der Waals surface area (Å²) in [7, 11) is 0. The minimum atomic E-state index is -0.785. The topological polar surface area (TPSA) is 130 Å². The number of nitrogens with one attached hydrogen (secondary N) is 2. The molecule has 9 heteroatoms. The summed E-state index contributed by atoms with van der Waals surface area (Å²) in [5, 5.41) is 19.7. The number of fused-ring (bicyclic) bond motifs is 1. The molecule has 1 aliphatic rings. The van der Waals surface area contributed by atoms with Crippen LogP contribution in [0.4, 0.5) is 5.69 Å². The van der Waals surface area contributed by atoms with Crippen molar-refractivity contribution in [3.05, 3.63) is 34.2 Å². The van der Waals surface area contributed by atoms with Crippen LogP contribution < -0.4 is 16.2 Å². The van der Waals surface area contributed by atoms with Crippen LogP contribution in [0.2, 0.25) is 0 Å². The molecule has 1 unspecified atom stereocenters. The van der Waals surface area contributed by atoms with E-state index in [1.165, 1.54) is 4.68 Å². The molecule has 0 saturated carbocycles. The monoisotopic (exact) mass is 400 g/mol. The summed E-state index contributed by atoms with van der Waals surface area (Å²) in [6.45, 7) is 2.48. The van der Waals surface area contributed by atoms with E-state index in [1.54, 1.807) is 19.1 Å². The van der Waals surface area contributed by atoms with Gasteiger partial charge in [-0.05, 0) is 44.4 Å². The van der Waals surface area contributed by atoms with E-state index in [0.717, 1.165) is 18.5 Å². The molecule has 1 aliphatic heterocycles. The number of carboxylic acids is 1. The summed E-state index contributed by atoms with van der Waals surface area (Å²) in [6.07, 6.45) is 2.93. The Kier molecular flexibility index (Phi) is 6.26. The Balaban J connectivity index is 1.74. The molecule has 2 amide bonds. The highest BCUT2D eigenvalue weighted by Gasteiger charge is 2.30. The van der Waals surface area contributed by atoms with Gasteiger partial charge in [0.2, 0.25) is 5.91 Å². The molecule has 2 aromatic rings. The number of carbonyl (C=O) groups is 3. The lowest BCUT2D eigenvalue weighted by Crippen LogP contribution is -2.45. The zero-order valence-electron chi connectivity index (χ0n) is 16.2. The number of anilines is 1. The highest BCUT2D eigenvalue weighted by molar-refractivity contribution is 5.99. The Morgan fingerprint density at radius 1 is 1.24 bits per heavy atom. The molecule has 154 valence electrons. The second-order valence-corrected chi connectivity index (χ2v) is 7.19. The first-order valence-corrected chi connectivity index (χ1v) is 9.69. The molecular formula is C20H24N4O5. The summed E-state index contributed by atoms with van der Waals surface area (Å²) in [4.78, 5) is 46.9. The summed E-state index contributed by atoms with van der Waals surface area (Å²) < 4.78 is 1.18. The molecule has 1 fully saturated rings. The maximum absolute atomic E-state index is 12.9. The van der Waals surface area contributed by atoms with Gasteiger partial charge in [0, 0.05) is 30.5 Å². The van der Waals surface area contributed by atoms with Crippen molar-refractivity contribution in [3.8, 4) is 0 Å². The standard InChI is InChI=1S/C20H24N4O5/c1-12-15-11-13(21-10-4-2-3-5-18(26)27)6-7-14(15)20(29)24(23-12)16-8-9-17(25)22-19(16)28/h6-7,11,16,21H,2-5,8-10H2,1H3,(H,26,27)(H,22,25,28). The largest absolute Gasteiger partial charge is 0.481 e. The SMILES string of the molecule is Cc1nn(C2CCC(=O)NC2=O)c(=O)c2ccc(NCCCCCC(=O)O)cc12. The molecule has 2 heterocycles. The highest BCUT2D eigenvalue weighted by atomic mass is 16.4. The van der Waals surface area contributed by atoms with Gasteiger partial charge in [-0.3, -0.25) is 24.5 Å². The third-order valence-electron chi connectivity index (χ3n) is 5.01. The molecule has 9 nitrogen and oxygen atoms in total. The first-order chi connectivity index (χ1) is 13.9. The third-order valence-corrected chi connectivity index (χ3v) is 5.01. The molecular weight excluding hydrogens is 376 g/mol. The molecule has 0 spiro atoms. The minimum absolute atomic E-state index is 0.178. The van der Waals surface area contributed by atoms with Crippen molar-refractivity contribution in [2.75, 3.05) is 11.9 Å². The number of rotatable bonds is 8. The maximum Gasteiger partial charge on any atom is 0.303 e. The predicted octanol–water partition coefficient (Wildman–Crippen LogP) is 1.74. The Hall–Kier alpha value is -3.23. The quantitative estimate of drug-likeness (QED) is 0.454. The second kappa shape index (κ2) is 8.85. The Morgan fingerprint density at radius 2 is 2.03 bits per heavy atom. The van der Waals surface area contributed by atoms with E-state index in [4.69, 9.17) is 5.11 Å². The lowest BCUT2D eigenvalue weighted by atomic mass is 10.1. The molecule has 1 aromatic carbocycles. The van der Waals surface area contributed by atoms with Crippen LogP contribution in [-0.2, 0) is 14.4 Å². The molecule has 1 aromatic heterocycles. The number of imide groups is 1. The Morgan fingerprint density at radius 3 is 2.76 bits per heavy atom. The van der Waals surface area contributed by atoms with Crippen LogP contribution in [0.5, 0.6) is 0 Å². The van der Waals surface area contributed by atoms with Crippen molar-refractivity contribution < 1.29 is 19.5 Å². The number of aromatic nitrogens is 2. The molecule has 3 N–H and O–H groups in total. The number of carboxylic acid groups (broad SMARTS) is 1. The number of unbranched alkanes of at least 4 members (excludes halogenated alkanes) is 2. The Bertz CT molecular complexity index is 1010.